The Kier molecular flexibility index (Phi) is 3.05. The molecule has 5 heteroatoms. The summed E-state index contributed by atoms with van der Waals surface area (Å²) in [4.78, 5) is 9.51. The average molecular weight is 153 g/mol. The van der Waals surface area contributed by atoms with Crippen LogP contribution in [0.25, 0.3) is 0 Å². The quantitative estimate of drug-likeness (QED) is 0.551. The molecule has 0 spiro atoms. The molecular formula is C5H7F2O3-. The van der Waals surface area contributed by atoms with Crippen LogP contribution >= 0.6 is 0 Å². The van der Waals surface area contributed by atoms with Crippen LogP contribution in [0.3, 0.4) is 0 Å². The van der Waals surface area contributed by atoms with E-state index >= 15 is 0 Å². The molecule has 0 aromatic carbocycles. The van der Waals surface area contributed by atoms with Crippen LogP contribution in [0.5, 0.6) is 0 Å². The maximum Gasteiger partial charge on any atom is 0.251 e. The normalized spacial score (nSPS) is 11.1. The first-order valence-corrected chi connectivity index (χ1v) is 2.63. The monoisotopic (exact) mass is 153 g/mol. The number of carbonyl (C=O) groups excluding carboxylic acids is 1. The summed E-state index contributed by atoms with van der Waals surface area (Å²) in [7, 11) is 0. The van der Waals surface area contributed by atoms with Gasteiger partial charge in [0.2, 0.25) is 5.92 Å². The summed E-state index contributed by atoms with van der Waals surface area (Å²) < 4.78 is 27.5. The Morgan fingerprint density at radius 3 is 2.50 bits per heavy atom. The Hall–Kier alpha value is -0.870. The Morgan fingerprint density at radius 1 is 1.70 bits per heavy atom. The summed E-state index contributed by atoms with van der Waals surface area (Å²) in [5, 5.41) is 9.51. The van der Waals surface area contributed by atoms with Crippen molar-refractivity contribution >= 4 is 6.16 Å². The lowest BCUT2D eigenvalue weighted by molar-refractivity contribution is -0.283. The van der Waals surface area contributed by atoms with Crippen LogP contribution in [-0.2, 0) is 4.74 Å². The molecule has 0 aromatic heterocycles. The van der Waals surface area contributed by atoms with Gasteiger partial charge >= 0.3 is 0 Å². The van der Waals surface area contributed by atoms with Crippen molar-refractivity contribution < 1.29 is 23.4 Å². The maximum absolute atomic E-state index is 11.9. The van der Waals surface area contributed by atoms with Gasteiger partial charge in [0.1, 0.15) is 0 Å². The summed E-state index contributed by atoms with van der Waals surface area (Å²) in [5.41, 5.74) is 0. The zero-order chi connectivity index (χ0) is 8.20. The fraction of sp³-hybridized carbons (Fsp3) is 0.800. The lowest BCUT2D eigenvalue weighted by Gasteiger charge is -2.12. The number of rotatable bonds is 3. The molecule has 0 heterocycles. The van der Waals surface area contributed by atoms with Gasteiger partial charge in [-0.2, -0.15) is 0 Å². The van der Waals surface area contributed by atoms with E-state index in [1.54, 1.807) is 0 Å². The molecule has 3 nitrogen and oxygen atoms in total. The predicted octanol–water partition coefficient (Wildman–Crippen LogP) is 0.392. The molecule has 60 valence electrons. The average Bonchev–Trinajstić information content (AvgIpc) is 1.59. The number of carboxylic acid groups (broad SMARTS) is 1. The first kappa shape index (κ1) is 9.13. The van der Waals surface area contributed by atoms with Crippen molar-refractivity contribution in [1.29, 1.82) is 0 Å². The second-order valence-corrected chi connectivity index (χ2v) is 1.92. The van der Waals surface area contributed by atoms with Gasteiger partial charge in [-0.05, 0) is 6.92 Å². The van der Waals surface area contributed by atoms with Gasteiger partial charge in [-0.1, -0.05) is 0 Å². The van der Waals surface area contributed by atoms with E-state index in [9.17, 15) is 18.7 Å². The highest BCUT2D eigenvalue weighted by Crippen LogP contribution is 2.15. The van der Waals surface area contributed by atoms with Crippen LogP contribution < -0.4 is 5.11 Å². The van der Waals surface area contributed by atoms with E-state index in [0.717, 1.165) is 0 Å². The summed E-state index contributed by atoms with van der Waals surface area (Å²) >= 11 is 0. The third kappa shape index (κ3) is 7.13. The molecule has 0 amide bonds. The van der Waals surface area contributed by atoms with Gasteiger partial charge in [-0.15, -0.1) is 0 Å². The number of hydrogen-bond donors (Lipinski definition) is 0. The minimum atomic E-state index is -2.88. The molecule has 0 unspecified atom stereocenters. The topological polar surface area (TPSA) is 49.4 Å². The van der Waals surface area contributed by atoms with Crippen molar-refractivity contribution in [2.45, 2.75) is 19.3 Å². The molecule has 0 aliphatic heterocycles. The molecule has 0 saturated carbocycles. The molecule has 0 saturated heterocycles. The summed E-state index contributed by atoms with van der Waals surface area (Å²) in [6.07, 6.45) is -2.38. The van der Waals surface area contributed by atoms with E-state index in [2.05, 4.69) is 4.74 Å². The van der Waals surface area contributed by atoms with Crippen LogP contribution in [-0.4, -0.2) is 18.7 Å². The van der Waals surface area contributed by atoms with Gasteiger partial charge in [0.05, 0.1) is 0 Å². The number of hydrogen-bond acceptors (Lipinski definition) is 3. The third-order valence-corrected chi connectivity index (χ3v) is 0.761. The smallest absolute Gasteiger partial charge is 0.251 e. The van der Waals surface area contributed by atoms with Gasteiger partial charge in [0.15, 0.2) is 0 Å². The van der Waals surface area contributed by atoms with Gasteiger partial charge in [0.25, 0.3) is 6.16 Å². The minimum absolute atomic E-state index is 0.522. The number of ether oxygens (including phenoxy) is 1. The standard InChI is InChI=1S/C5H8F2O3/c1-5(6,7)2-3-10-4(8)9/h2-3H2,1H3,(H,8,9)/p-1. The molecule has 0 bridgehead atoms. The Morgan fingerprint density at radius 2 is 2.20 bits per heavy atom. The predicted molar refractivity (Wildman–Crippen MR) is 26.6 cm³/mol. The van der Waals surface area contributed by atoms with Crippen molar-refractivity contribution in [1.82, 2.24) is 0 Å². The minimum Gasteiger partial charge on any atom is -0.549 e. The van der Waals surface area contributed by atoms with E-state index in [0.29, 0.717) is 6.92 Å². The van der Waals surface area contributed by atoms with Crippen LogP contribution in [0.2, 0.25) is 0 Å². The molecule has 0 N–H and O–H groups in total. The number of halogens is 2. The third-order valence-electron chi connectivity index (χ3n) is 0.761. The Labute approximate surface area is 56.6 Å². The lowest BCUT2D eigenvalue weighted by Crippen LogP contribution is -2.25. The molecule has 0 atom stereocenters. The van der Waals surface area contributed by atoms with E-state index < -0.39 is 25.1 Å². The van der Waals surface area contributed by atoms with Crippen molar-refractivity contribution in [3.8, 4) is 0 Å². The molecule has 10 heavy (non-hydrogen) atoms. The van der Waals surface area contributed by atoms with E-state index in [1.807, 2.05) is 0 Å². The molecule has 0 aliphatic rings. The van der Waals surface area contributed by atoms with Crippen LogP contribution in [0.1, 0.15) is 13.3 Å². The highest BCUT2D eigenvalue weighted by molar-refractivity contribution is 5.53. The first-order valence-electron chi connectivity index (χ1n) is 2.63. The fourth-order valence-electron chi connectivity index (χ4n) is 0.314. The summed E-state index contributed by atoms with van der Waals surface area (Å²) in [5.74, 6) is -2.88. The summed E-state index contributed by atoms with van der Waals surface area (Å²) in [6.45, 7) is 0.164. The van der Waals surface area contributed by atoms with E-state index in [-0.39, 0.29) is 0 Å². The highest BCUT2D eigenvalue weighted by atomic mass is 19.3. The SMILES string of the molecule is CC(F)(F)CCOC(=O)[O-]. The van der Waals surface area contributed by atoms with Crippen LogP contribution in [0.4, 0.5) is 13.6 Å². The fourth-order valence-corrected chi connectivity index (χ4v) is 0.314. The van der Waals surface area contributed by atoms with Crippen molar-refractivity contribution in [3.63, 3.8) is 0 Å². The zero-order valence-electron chi connectivity index (χ0n) is 5.39. The summed E-state index contributed by atoms with van der Waals surface area (Å²) in [6, 6.07) is 0. The molecule has 0 aliphatic carbocycles. The van der Waals surface area contributed by atoms with Crippen LogP contribution in [0, 0.1) is 0 Å². The van der Waals surface area contributed by atoms with E-state index in [1.165, 1.54) is 0 Å². The van der Waals surface area contributed by atoms with E-state index in [4.69, 9.17) is 0 Å². The Bertz CT molecular complexity index is 119. The van der Waals surface area contributed by atoms with Gasteiger partial charge in [0, 0.05) is 13.0 Å². The first-order chi connectivity index (χ1) is 4.42. The number of carbonyl (C=O) groups is 1. The maximum atomic E-state index is 11.9. The molecule has 0 fully saturated rings. The van der Waals surface area contributed by atoms with Gasteiger partial charge in [-0.3, -0.25) is 0 Å². The molecule has 0 rings (SSSR count). The Balaban J connectivity index is 3.29. The van der Waals surface area contributed by atoms with Crippen molar-refractivity contribution in [2.24, 2.45) is 0 Å². The lowest BCUT2D eigenvalue weighted by atomic mass is 10.3. The zero-order valence-corrected chi connectivity index (χ0v) is 5.39. The van der Waals surface area contributed by atoms with Gasteiger partial charge < -0.3 is 14.6 Å². The largest absolute Gasteiger partial charge is 0.549 e. The number of alkyl halides is 2. The van der Waals surface area contributed by atoms with Crippen LogP contribution in [0.15, 0.2) is 0 Å². The van der Waals surface area contributed by atoms with Crippen molar-refractivity contribution in [3.05, 3.63) is 0 Å². The van der Waals surface area contributed by atoms with Crippen molar-refractivity contribution in [2.75, 3.05) is 6.61 Å². The highest BCUT2D eigenvalue weighted by Gasteiger charge is 2.19. The molecule has 0 radical (unpaired) electrons. The van der Waals surface area contributed by atoms with Gasteiger partial charge in [-0.25, -0.2) is 8.78 Å². The molecule has 0 aromatic rings. The second kappa shape index (κ2) is 3.34. The second-order valence-electron chi connectivity index (χ2n) is 1.92. The molecular weight excluding hydrogens is 146 g/mol.